The SMILES string of the molecule is CC(C)(C)c1cccc(N2CCN(c3ccc(C=O)cc3)C2=O)c1. The van der Waals surface area contributed by atoms with Crippen LogP contribution in [0.2, 0.25) is 0 Å². The second-order valence-electron chi connectivity index (χ2n) is 7.10. The number of anilines is 2. The summed E-state index contributed by atoms with van der Waals surface area (Å²) in [5, 5.41) is 0. The van der Waals surface area contributed by atoms with Gasteiger partial charge < -0.3 is 0 Å². The van der Waals surface area contributed by atoms with Gasteiger partial charge in [-0.2, -0.15) is 0 Å². The first-order valence-corrected chi connectivity index (χ1v) is 8.15. The van der Waals surface area contributed by atoms with Gasteiger partial charge in [-0.1, -0.05) is 32.9 Å². The van der Waals surface area contributed by atoms with E-state index in [4.69, 9.17) is 0 Å². The van der Waals surface area contributed by atoms with Gasteiger partial charge in [0.25, 0.3) is 0 Å². The molecule has 1 heterocycles. The number of hydrogen-bond donors (Lipinski definition) is 0. The summed E-state index contributed by atoms with van der Waals surface area (Å²) in [6, 6.07) is 15.2. The second-order valence-corrected chi connectivity index (χ2v) is 7.10. The number of amides is 2. The van der Waals surface area contributed by atoms with Crippen molar-refractivity contribution in [2.75, 3.05) is 22.9 Å². The van der Waals surface area contributed by atoms with Gasteiger partial charge in [-0.3, -0.25) is 14.6 Å². The van der Waals surface area contributed by atoms with Crippen molar-refractivity contribution in [2.45, 2.75) is 26.2 Å². The summed E-state index contributed by atoms with van der Waals surface area (Å²) in [6.07, 6.45) is 0.805. The molecule has 124 valence electrons. The van der Waals surface area contributed by atoms with Crippen molar-refractivity contribution < 1.29 is 9.59 Å². The Kier molecular flexibility index (Phi) is 4.14. The van der Waals surface area contributed by atoms with Gasteiger partial charge in [-0.05, 0) is 47.4 Å². The van der Waals surface area contributed by atoms with Crippen LogP contribution >= 0.6 is 0 Å². The third-order valence-electron chi connectivity index (χ3n) is 4.37. The average molecular weight is 322 g/mol. The molecule has 0 aliphatic carbocycles. The molecule has 2 amide bonds. The fourth-order valence-electron chi connectivity index (χ4n) is 2.89. The van der Waals surface area contributed by atoms with Gasteiger partial charge in [0.15, 0.2) is 0 Å². The number of urea groups is 1. The molecular weight excluding hydrogens is 300 g/mol. The van der Waals surface area contributed by atoms with Crippen molar-refractivity contribution in [1.82, 2.24) is 0 Å². The van der Waals surface area contributed by atoms with Crippen LogP contribution in [-0.4, -0.2) is 25.4 Å². The molecule has 0 radical (unpaired) electrons. The van der Waals surface area contributed by atoms with Crippen LogP contribution in [0, 0.1) is 0 Å². The summed E-state index contributed by atoms with van der Waals surface area (Å²) in [5.74, 6) is 0. The second kappa shape index (κ2) is 6.11. The average Bonchev–Trinajstić information content (AvgIpc) is 2.96. The molecule has 2 aromatic carbocycles. The summed E-state index contributed by atoms with van der Waals surface area (Å²) in [6.45, 7) is 7.79. The molecule has 2 aromatic rings. The lowest BCUT2D eigenvalue weighted by Gasteiger charge is -2.23. The summed E-state index contributed by atoms with van der Waals surface area (Å²) >= 11 is 0. The van der Waals surface area contributed by atoms with Crippen LogP contribution in [-0.2, 0) is 5.41 Å². The molecule has 0 unspecified atom stereocenters. The van der Waals surface area contributed by atoms with E-state index in [9.17, 15) is 9.59 Å². The molecule has 0 atom stereocenters. The monoisotopic (exact) mass is 322 g/mol. The summed E-state index contributed by atoms with van der Waals surface area (Å²) in [4.78, 5) is 27.1. The lowest BCUT2D eigenvalue weighted by atomic mass is 9.87. The van der Waals surface area contributed by atoms with E-state index in [2.05, 4.69) is 32.9 Å². The number of carbonyl (C=O) groups is 2. The Morgan fingerprint density at radius 3 is 2.12 bits per heavy atom. The van der Waals surface area contributed by atoms with E-state index in [-0.39, 0.29) is 11.4 Å². The third-order valence-corrected chi connectivity index (χ3v) is 4.37. The number of carbonyl (C=O) groups excluding carboxylic acids is 2. The molecule has 0 aromatic heterocycles. The Labute approximate surface area is 142 Å². The minimum atomic E-state index is -0.0279. The van der Waals surface area contributed by atoms with Gasteiger partial charge in [0.05, 0.1) is 0 Å². The molecule has 24 heavy (non-hydrogen) atoms. The van der Waals surface area contributed by atoms with Gasteiger partial charge in [-0.25, -0.2) is 4.79 Å². The molecule has 0 spiro atoms. The largest absolute Gasteiger partial charge is 0.329 e. The van der Waals surface area contributed by atoms with Crippen molar-refractivity contribution in [1.29, 1.82) is 0 Å². The lowest BCUT2D eigenvalue weighted by Crippen LogP contribution is -2.31. The highest BCUT2D eigenvalue weighted by Crippen LogP contribution is 2.29. The maximum absolute atomic E-state index is 12.8. The van der Waals surface area contributed by atoms with E-state index >= 15 is 0 Å². The van der Waals surface area contributed by atoms with E-state index in [0.29, 0.717) is 18.7 Å². The maximum atomic E-state index is 12.8. The van der Waals surface area contributed by atoms with Crippen LogP contribution < -0.4 is 9.80 Å². The Bertz CT molecular complexity index is 760. The van der Waals surface area contributed by atoms with Gasteiger partial charge in [0.1, 0.15) is 6.29 Å². The fourth-order valence-corrected chi connectivity index (χ4v) is 2.89. The van der Waals surface area contributed by atoms with E-state index in [1.54, 1.807) is 17.0 Å². The molecule has 4 nitrogen and oxygen atoms in total. The zero-order chi connectivity index (χ0) is 17.3. The first-order valence-electron chi connectivity index (χ1n) is 8.15. The highest BCUT2D eigenvalue weighted by atomic mass is 16.2. The van der Waals surface area contributed by atoms with Crippen molar-refractivity contribution >= 4 is 23.7 Å². The number of nitrogens with zero attached hydrogens (tertiary/aromatic N) is 2. The molecule has 3 rings (SSSR count). The first-order chi connectivity index (χ1) is 11.4. The summed E-state index contributed by atoms with van der Waals surface area (Å²) in [5.41, 5.74) is 3.62. The van der Waals surface area contributed by atoms with E-state index in [1.165, 1.54) is 5.56 Å². The highest BCUT2D eigenvalue weighted by molar-refractivity contribution is 6.06. The van der Waals surface area contributed by atoms with Crippen LogP contribution in [0.25, 0.3) is 0 Å². The van der Waals surface area contributed by atoms with E-state index in [1.807, 2.05) is 29.2 Å². The van der Waals surface area contributed by atoms with Crippen molar-refractivity contribution in [3.8, 4) is 0 Å². The summed E-state index contributed by atoms with van der Waals surface area (Å²) in [7, 11) is 0. The predicted molar refractivity (Wildman–Crippen MR) is 97.1 cm³/mol. The first kappa shape index (κ1) is 16.2. The topological polar surface area (TPSA) is 40.6 Å². The van der Waals surface area contributed by atoms with Crippen LogP contribution in [0.1, 0.15) is 36.7 Å². The standard InChI is InChI=1S/C20H22N2O2/c1-20(2,3)16-5-4-6-18(13-16)22-12-11-21(19(22)24)17-9-7-15(14-23)8-10-17/h4-10,13-14H,11-12H2,1-3H3. The minimum Gasteiger partial charge on any atom is -0.298 e. The number of hydrogen-bond acceptors (Lipinski definition) is 2. The van der Waals surface area contributed by atoms with Crippen LogP contribution in [0.5, 0.6) is 0 Å². The van der Waals surface area contributed by atoms with Crippen molar-refractivity contribution in [3.05, 3.63) is 59.7 Å². The molecular formula is C20H22N2O2. The van der Waals surface area contributed by atoms with E-state index < -0.39 is 0 Å². The van der Waals surface area contributed by atoms with Crippen molar-refractivity contribution in [3.63, 3.8) is 0 Å². The molecule has 4 heteroatoms. The Morgan fingerprint density at radius 2 is 1.54 bits per heavy atom. The number of rotatable bonds is 3. The molecule has 1 aliphatic rings. The summed E-state index contributed by atoms with van der Waals surface area (Å²) < 4.78 is 0. The normalized spacial score (nSPS) is 15.0. The molecule has 0 N–H and O–H groups in total. The van der Waals surface area contributed by atoms with Gasteiger partial charge in [-0.15, -0.1) is 0 Å². The minimum absolute atomic E-state index is 0.0279. The number of aldehydes is 1. The Hall–Kier alpha value is -2.62. The van der Waals surface area contributed by atoms with Gasteiger partial charge in [0, 0.05) is 30.0 Å². The molecule has 1 saturated heterocycles. The third kappa shape index (κ3) is 3.04. The fraction of sp³-hybridized carbons (Fsp3) is 0.300. The molecule has 1 fully saturated rings. The number of benzene rings is 2. The smallest absolute Gasteiger partial charge is 0.298 e. The maximum Gasteiger partial charge on any atom is 0.329 e. The quantitative estimate of drug-likeness (QED) is 0.793. The van der Waals surface area contributed by atoms with Crippen LogP contribution in [0.15, 0.2) is 48.5 Å². The van der Waals surface area contributed by atoms with E-state index in [0.717, 1.165) is 17.7 Å². The van der Waals surface area contributed by atoms with Crippen LogP contribution in [0.3, 0.4) is 0 Å². The molecule has 1 aliphatic heterocycles. The lowest BCUT2D eigenvalue weighted by molar-refractivity contribution is 0.112. The van der Waals surface area contributed by atoms with Crippen LogP contribution in [0.4, 0.5) is 16.2 Å². The van der Waals surface area contributed by atoms with Gasteiger partial charge in [0.2, 0.25) is 0 Å². The Morgan fingerprint density at radius 1 is 0.917 bits per heavy atom. The predicted octanol–water partition coefficient (Wildman–Crippen LogP) is 4.24. The van der Waals surface area contributed by atoms with Crippen molar-refractivity contribution in [2.24, 2.45) is 0 Å². The zero-order valence-electron chi connectivity index (χ0n) is 14.3. The molecule has 0 bridgehead atoms. The van der Waals surface area contributed by atoms with Gasteiger partial charge >= 0.3 is 6.03 Å². The highest BCUT2D eigenvalue weighted by Gasteiger charge is 2.31. The molecule has 0 saturated carbocycles. The zero-order valence-corrected chi connectivity index (χ0v) is 14.3. The Balaban J connectivity index is 1.84.